The zero-order valence-electron chi connectivity index (χ0n) is 20.9. The Bertz CT molecular complexity index is 1200. The normalized spacial score (nSPS) is 13.8. The fourth-order valence-corrected chi connectivity index (χ4v) is 4.54. The maximum absolute atomic E-state index is 13.1. The number of amides is 2. The quantitative estimate of drug-likeness (QED) is 0.355. The molecule has 3 N–H and O–H groups in total. The van der Waals surface area contributed by atoms with E-state index < -0.39 is 30.1 Å². The molecular formula is C26H30N6O5. The summed E-state index contributed by atoms with van der Waals surface area (Å²) >= 11 is 0. The molecule has 1 aromatic heterocycles. The number of nitrogens with zero attached hydrogens (tertiary/aromatic N) is 3. The molecule has 37 heavy (non-hydrogen) atoms. The van der Waals surface area contributed by atoms with Crippen molar-refractivity contribution >= 4 is 18.0 Å². The van der Waals surface area contributed by atoms with Gasteiger partial charge in [0.1, 0.15) is 18.7 Å². The first-order valence-electron chi connectivity index (χ1n) is 12.1. The van der Waals surface area contributed by atoms with E-state index >= 15 is 0 Å². The van der Waals surface area contributed by atoms with Crippen molar-refractivity contribution in [3.05, 3.63) is 65.5 Å². The number of benzene rings is 2. The summed E-state index contributed by atoms with van der Waals surface area (Å²) in [5.74, 6) is -0.944. The molecule has 1 aliphatic rings. The van der Waals surface area contributed by atoms with E-state index in [-0.39, 0.29) is 30.7 Å². The Morgan fingerprint density at radius 2 is 1.62 bits per heavy atom. The highest BCUT2D eigenvalue weighted by molar-refractivity contribution is 5.89. The van der Waals surface area contributed by atoms with Gasteiger partial charge >= 0.3 is 12.1 Å². The molecule has 0 bridgehead atoms. The van der Waals surface area contributed by atoms with E-state index in [4.69, 9.17) is 9.47 Å². The Morgan fingerprint density at radius 3 is 2.19 bits per heavy atom. The standard InChI is InChI=1S/C26H30N6O5/c1-15(2)12-22(25(34)36-3)27-24(33)21(13-23-29-31-32-30-23)28-26(35)37-14-20-18-10-6-4-8-16(18)17-9-5-7-11-19(17)20/h4-11,15,20-22H,12-14H2,1-3H3,(H,27,33)(H,28,35)(H,29,30,31,32)/t21-,22-/m0/s1. The zero-order chi connectivity index (χ0) is 26.4. The molecule has 4 rings (SSSR count). The van der Waals surface area contributed by atoms with Crippen LogP contribution in [-0.2, 0) is 25.5 Å². The number of alkyl carbamates (subject to hydrolysis) is 1. The summed E-state index contributed by atoms with van der Waals surface area (Å²) in [6.07, 6.45) is -0.454. The average Bonchev–Trinajstić information content (AvgIpc) is 3.52. The largest absolute Gasteiger partial charge is 0.467 e. The molecule has 3 aromatic rings. The first-order valence-corrected chi connectivity index (χ1v) is 12.1. The molecule has 2 amide bonds. The number of hydrogen-bond acceptors (Lipinski definition) is 8. The van der Waals surface area contributed by atoms with Crippen molar-refractivity contribution < 1.29 is 23.9 Å². The Labute approximate surface area is 214 Å². The van der Waals surface area contributed by atoms with Crippen LogP contribution < -0.4 is 10.6 Å². The molecule has 11 nitrogen and oxygen atoms in total. The smallest absolute Gasteiger partial charge is 0.407 e. The van der Waals surface area contributed by atoms with Crippen LogP contribution in [0.5, 0.6) is 0 Å². The second-order valence-corrected chi connectivity index (χ2v) is 9.27. The highest BCUT2D eigenvalue weighted by Crippen LogP contribution is 2.44. The third kappa shape index (κ3) is 6.11. The van der Waals surface area contributed by atoms with Gasteiger partial charge in [0.2, 0.25) is 5.91 Å². The van der Waals surface area contributed by atoms with E-state index in [2.05, 4.69) is 43.4 Å². The number of rotatable bonds is 10. The predicted molar refractivity (Wildman–Crippen MR) is 133 cm³/mol. The molecule has 0 radical (unpaired) electrons. The van der Waals surface area contributed by atoms with Gasteiger partial charge in [-0.05, 0) is 34.6 Å². The maximum atomic E-state index is 13.1. The van der Waals surface area contributed by atoms with Crippen molar-refractivity contribution in [2.45, 2.75) is 44.7 Å². The molecule has 0 unspecified atom stereocenters. The number of methoxy groups -OCH3 is 1. The second-order valence-electron chi connectivity index (χ2n) is 9.27. The van der Waals surface area contributed by atoms with Crippen LogP contribution in [-0.4, -0.2) is 64.4 Å². The first-order chi connectivity index (χ1) is 17.9. The van der Waals surface area contributed by atoms with Crippen molar-refractivity contribution in [3.63, 3.8) is 0 Å². The van der Waals surface area contributed by atoms with Gasteiger partial charge in [0, 0.05) is 12.3 Å². The topological polar surface area (TPSA) is 148 Å². The summed E-state index contributed by atoms with van der Waals surface area (Å²) < 4.78 is 10.4. The highest BCUT2D eigenvalue weighted by atomic mass is 16.5. The molecule has 2 aromatic carbocycles. The van der Waals surface area contributed by atoms with Gasteiger partial charge in [0.25, 0.3) is 0 Å². The summed E-state index contributed by atoms with van der Waals surface area (Å²) in [5, 5.41) is 18.8. The van der Waals surface area contributed by atoms with Gasteiger partial charge in [-0.2, -0.15) is 5.21 Å². The van der Waals surface area contributed by atoms with E-state index in [0.29, 0.717) is 6.42 Å². The van der Waals surface area contributed by atoms with Crippen LogP contribution in [0.2, 0.25) is 0 Å². The molecule has 1 heterocycles. The average molecular weight is 507 g/mol. The second kappa shape index (κ2) is 11.6. The monoisotopic (exact) mass is 506 g/mol. The van der Waals surface area contributed by atoms with Gasteiger partial charge in [0.15, 0.2) is 5.82 Å². The number of fused-ring (bicyclic) bond motifs is 3. The van der Waals surface area contributed by atoms with Gasteiger partial charge in [-0.25, -0.2) is 9.59 Å². The minimum absolute atomic E-state index is 0.0535. The number of esters is 1. The van der Waals surface area contributed by atoms with Crippen LogP contribution in [0, 0.1) is 5.92 Å². The van der Waals surface area contributed by atoms with Gasteiger partial charge in [-0.15, -0.1) is 10.2 Å². The van der Waals surface area contributed by atoms with Gasteiger partial charge in [-0.3, -0.25) is 4.79 Å². The van der Waals surface area contributed by atoms with Crippen LogP contribution >= 0.6 is 0 Å². The Morgan fingerprint density at radius 1 is 0.973 bits per heavy atom. The number of H-pyrrole nitrogens is 1. The summed E-state index contributed by atoms with van der Waals surface area (Å²) in [6.45, 7) is 3.94. The number of ether oxygens (including phenoxy) is 2. The van der Waals surface area contributed by atoms with E-state index in [0.717, 1.165) is 22.3 Å². The summed E-state index contributed by atoms with van der Waals surface area (Å²) in [4.78, 5) is 38.2. The number of carbonyl (C=O) groups is 3. The molecule has 2 atom stereocenters. The lowest BCUT2D eigenvalue weighted by atomic mass is 9.98. The molecule has 0 spiro atoms. The Hall–Kier alpha value is -4.28. The molecule has 11 heteroatoms. The van der Waals surface area contributed by atoms with E-state index in [1.807, 2.05) is 50.2 Å². The number of aromatic amines is 1. The number of tetrazole rings is 1. The lowest BCUT2D eigenvalue weighted by Crippen LogP contribution is -2.53. The van der Waals surface area contributed by atoms with Gasteiger partial charge in [-0.1, -0.05) is 67.6 Å². The summed E-state index contributed by atoms with van der Waals surface area (Å²) in [5.41, 5.74) is 4.38. The fourth-order valence-electron chi connectivity index (χ4n) is 4.54. The maximum Gasteiger partial charge on any atom is 0.407 e. The third-order valence-electron chi connectivity index (χ3n) is 6.24. The molecule has 0 aliphatic heterocycles. The van der Waals surface area contributed by atoms with Crippen molar-refractivity contribution in [3.8, 4) is 11.1 Å². The van der Waals surface area contributed by atoms with Crippen LogP contribution in [0.15, 0.2) is 48.5 Å². The van der Waals surface area contributed by atoms with Crippen molar-refractivity contribution in [1.29, 1.82) is 0 Å². The SMILES string of the molecule is COC(=O)[C@H](CC(C)C)NC(=O)[C@H](Cc1nn[nH]n1)NC(=O)OCC1c2ccccc2-c2ccccc21. The van der Waals surface area contributed by atoms with Crippen molar-refractivity contribution in [1.82, 2.24) is 31.3 Å². The predicted octanol–water partition coefficient (Wildman–Crippen LogP) is 2.35. The van der Waals surface area contributed by atoms with Crippen LogP contribution in [0.1, 0.15) is 43.1 Å². The Kier molecular flexibility index (Phi) is 8.11. The molecule has 194 valence electrons. The number of carbonyl (C=O) groups excluding carboxylic acids is 3. The number of hydrogen-bond donors (Lipinski definition) is 3. The fraction of sp³-hybridized carbons (Fsp3) is 0.385. The lowest BCUT2D eigenvalue weighted by Gasteiger charge is -2.23. The Balaban J connectivity index is 1.45. The summed E-state index contributed by atoms with van der Waals surface area (Å²) in [6, 6.07) is 14.0. The summed E-state index contributed by atoms with van der Waals surface area (Å²) in [7, 11) is 1.26. The molecule has 0 saturated carbocycles. The highest BCUT2D eigenvalue weighted by Gasteiger charge is 2.31. The minimum atomic E-state index is -1.10. The molecule has 0 saturated heterocycles. The lowest BCUT2D eigenvalue weighted by molar-refractivity contribution is -0.145. The van der Waals surface area contributed by atoms with E-state index in [9.17, 15) is 14.4 Å². The van der Waals surface area contributed by atoms with E-state index in [1.54, 1.807) is 0 Å². The number of aromatic nitrogens is 4. The number of nitrogens with one attached hydrogen (secondary N) is 3. The molecule has 1 aliphatic carbocycles. The van der Waals surface area contributed by atoms with Crippen molar-refractivity contribution in [2.24, 2.45) is 5.92 Å². The zero-order valence-corrected chi connectivity index (χ0v) is 20.9. The first kappa shape index (κ1) is 25.8. The van der Waals surface area contributed by atoms with Crippen LogP contribution in [0.4, 0.5) is 4.79 Å². The van der Waals surface area contributed by atoms with Gasteiger partial charge in [0.05, 0.1) is 7.11 Å². The van der Waals surface area contributed by atoms with E-state index in [1.165, 1.54) is 7.11 Å². The minimum Gasteiger partial charge on any atom is -0.467 e. The molecular weight excluding hydrogens is 476 g/mol. The van der Waals surface area contributed by atoms with Crippen LogP contribution in [0.3, 0.4) is 0 Å². The van der Waals surface area contributed by atoms with Gasteiger partial charge < -0.3 is 20.1 Å². The molecule has 0 fully saturated rings. The third-order valence-corrected chi connectivity index (χ3v) is 6.24. The van der Waals surface area contributed by atoms with Crippen molar-refractivity contribution in [2.75, 3.05) is 13.7 Å². The van der Waals surface area contributed by atoms with Crippen LogP contribution in [0.25, 0.3) is 11.1 Å².